The number of nitrogens with two attached hydrogens (primary N) is 1. The minimum atomic E-state index is -0.342. The van der Waals surface area contributed by atoms with Gasteiger partial charge in [-0.3, -0.25) is 0 Å². The Morgan fingerprint density at radius 3 is 2.57 bits per heavy atom. The predicted octanol–water partition coefficient (Wildman–Crippen LogP) is 3.82. The summed E-state index contributed by atoms with van der Waals surface area (Å²) in [5.74, 6) is 2.56. The third-order valence-corrected chi connectivity index (χ3v) is 5.07. The first-order valence-corrected chi connectivity index (χ1v) is 8.40. The van der Waals surface area contributed by atoms with E-state index in [9.17, 15) is 0 Å². The first-order chi connectivity index (χ1) is 10.1. The number of rotatable bonds is 5. The summed E-state index contributed by atoms with van der Waals surface area (Å²) in [6, 6.07) is 8.65. The first kappa shape index (κ1) is 14.6. The molecule has 1 aliphatic rings. The summed E-state index contributed by atoms with van der Waals surface area (Å²) in [6.07, 6.45) is 3.06. The van der Waals surface area contributed by atoms with Gasteiger partial charge in [0.05, 0.1) is 11.3 Å². The van der Waals surface area contributed by atoms with E-state index in [2.05, 4.69) is 48.3 Å². The molecule has 0 spiro atoms. The van der Waals surface area contributed by atoms with Crippen LogP contribution in [0.25, 0.3) is 0 Å². The summed E-state index contributed by atoms with van der Waals surface area (Å²) in [6.45, 7) is 4.40. The second-order valence-electron chi connectivity index (χ2n) is 6.03. The van der Waals surface area contributed by atoms with Crippen LogP contribution >= 0.6 is 11.8 Å². The maximum absolute atomic E-state index is 6.20. The second kappa shape index (κ2) is 5.81. The molecule has 2 N–H and O–H groups in total. The fraction of sp³-hybridized carbons (Fsp3) is 0.500. The fourth-order valence-electron chi connectivity index (χ4n) is 2.39. The maximum atomic E-state index is 6.20. The van der Waals surface area contributed by atoms with E-state index in [4.69, 9.17) is 10.3 Å². The lowest BCUT2D eigenvalue weighted by atomic mass is 9.77. The molecule has 3 rings (SSSR count). The molecule has 1 aliphatic carbocycles. The highest BCUT2D eigenvalue weighted by Crippen LogP contribution is 2.37. The van der Waals surface area contributed by atoms with Crippen LogP contribution in [0, 0.1) is 0 Å². The van der Waals surface area contributed by atoms with Crippen LogP contribution in [0.15, 0.2) is 33.7 Å². The molecule has 112 valence electrons. The van der Waals surface area contributed by atoms with E-state index >= 15 is 0 Å². The maximum Gasteiger partial charge on any atom is 0.237 e. The van der Waals surface area contributed by atoms with Gasteiger partial charge in [0, 0.05) is 4.90 Å². The number of hydrogen-bond acceptors (Lipinski definition) is 5. The lowest BCUT2D eigenvalue weighted by Gasteiger charge is -2.34. The van der Waals surface area contributed by atoms with E-state index in [1.807, 2.05) is 0 Å². The Balaban J connectivity index is 1.60. The van der Waals surface area contributed by atoms with Gasteiger partial charge in [-0.05, 0) is 42.9 Å². The third kappa shape index (κ3) is 3.14. The van der Waals surface area contributed by atoms with Gasteiger partial charge in [0.15, 0.2) is 5.82 Å². The predicted molar refractivity (Wildman–Crippen MR) is 84.1 cm³/mol. The Hall–Kier alpha value is -1.33. The van der Waals surface area contributed by atoms with Gasteiger partial charge in [0.2, 0.25) is 5.89 Å². The zero-order valence-corrected chi connectivity index (χ0v) is 13.3. The number of benzene rings is 1. The monoisotopic (exact) mass is 303 g/mol. The van der Waals surface area contributed by atoms with Crippen molar-refractivity contribution >= 4 is 11.8 Å². The van der Waals surface area contributed by atoms with Gasteiger partial charge < -0.3 is 10.3 Å². The van der Waals surface area contributed by atoms with Gasteiger partial charge in [-0.15, -0.1) is 11.8 Å². The van der Waals surface area contributed by atoms with Gasteiger partial charge in [0.1, 0.15) is 0 Å². The Kier molecular flexibility index (Phi) is 4.04. The smallest absolute Gasteiger partial charge is 0.237 e. The van der Waals surface area contributed by atoms with Crippen molar-refractivity contribution < 1.29 is 4.52 Å². The molecule has 0 saturated heterocycles. The second-order valence-corrected chi connectivity index (χ2v) is 7.08. The molecule has 21 heavy (non-hydrogen) atoms. The van der Waals surface area contributed by atoms with Crippen molar-refractivity contribution in [3.8, 4) is 0 Å². The fourth-order valence-corrected chi connectivity index (χ4v) is 3.13. The summed E-state index contributed by atoms with van der Waals surface area (Å²) >= 11 is 1.71. The van der Waals surface area contributed by atoms with Gasteiger partial charge >= 0.3 is 0 Å². The van der Waals surface area contributed by atoms with E-state index in [0.717, 1.165) is 19.3 Å². The van der Waals surface area contributed by atoms with Gasteiger partial charge in [-0.25, -0.2) is 0 Å². The minimum absolute atomic E-state index is 0.342. The molecule has 0 bridgehead atoms. The molecule has 5 heteroatoms. The van der Waals surface area contributed by atoms with Crippen LogP contribution in [-0.4, -0.2) is 10.1 Å². The average molecular weight is 303 g/mol. The van der Waals surface area contributed by atoms with Crippen molar-refractivity contribution in [1.82, 2.24) is 10.1 Å². The number of aromatic nitrogens is 2. The van der Waals surface area contributed by atoms with E-state index < -0.39 is 0 Å². The molecule has 1 fully saturated rings. The highest BCUT2D eigenvalue weighted by molar-refractivity contribution is 7.98. The molecule has 0 atom stereocenters. The summed E-state index contributed by atoms with van der Waals surface area (Å²) in [5, 5.41) is 4.04. The summed E-state index contributed by atoms with van der Waals surface area (Å²) in [5.41, 5.74) is 7.21. The summed E-state index contributed by atoms with van der Waals surface area (Å²) < 4.78 is 5.31. The minimum Gasteiger partial charge on any atom is -0.338 e. The molecule has 1 aromatic carbocycles. The van der Waals surface area contributed by atoms with Crippen LogP contribution in [0.5, 0.6) is 0 Å². The average Bonchev–Trinajstić information content (AvgIpc) is 2.92. The Bertz CT molecular complexity index is 602. The van der Waals surface area contributed by atoms with E-state index in [1.54, 1.807) is 11.8 Å². The molecule has 2 aromatic rings. The van der Waals surface area contributed by atoms with E-state index in [0.29, 0.717) is 23.4 Å². The van der Waals surface area contributed by atoms with E-state index in [-0.39, 0.29) is 5.54 Å². The molecule has 0 radical (unpaired) electrons. The summed E-state index contributed by atoms with van der Waals surface area (Å²) in [7, 11) is 0. The Morgan fingerprint density at radius 2 is 2.00 bits per heavy atom. The zero-order valence-electron chi connectivity index (χ0n) is 12.5. The lowest BCUT2D eigenvalue weighted by molar-refractivity contribution is 0.229. The zero-order chi connectivity index (χ0) is 14.9. The molecular weight excluding hydrogens is 282 g/mol. The van der Waals surface area contributed by atoms with Crippen molar-refractivity contribution in [2.45, 2.75) is 55.2 Å². The molecule has 0 amide bonds. The van der Waals surface area contributed by atoms with Crippen LogP contribution < -0.4 is 5.73 Å². The first-order valence-electron chi connectivity index (χ1n) is 7.41. The van der Waals surface area contributed by atoms with Crippen LogP contribution in [0.2, 0.25) is 0 Å². The molecule has 1 aromatic heterocycles. The standard InChI is InChI=1S/C16H21N3OS/c1-11(2)12-4-6-13(7-5-12)21-10-14-18-15(19-20-14)16(17)8-3-9-16/h4-7,11H,3,8-10,17H2,1-2H3. The number of hydrogen-bond donors (Lipinski definition) is 1. The third-order valence-electron chi connectivity index (χ3n) is 4.07. The molecular formula is C16H21N3OS. The SMILES string of the molecule is CC(C)c1ccc(SCc2nc(C3(N)CCC3)no2)cc1. The number of nitrogens with zero attached hydrogens (tertiary/aromatic N) is 2. The molecule has 1 saturated carbocycles. The molecule has 0 unspecified atom stereocenters. The van der Waals surface area contributed by atoms with Crippen molar-refractivity contribution in [2.24, 2.45) is 5.73 Å². The van der Waals surface area contributed by atoms with Gasteiger partial charge in [0.25, 0.3) is 0 Å². The Labute approximate surface area is 129 Å². The van der Waals surface area contributed by atoms with E-state index in [1.165, 1.54) is 10.5 Å². The van der Waals surface area contributed by atoms with Crippen molar-refractivity contribution in [3.05, 3.63) is 41.5 Å². The van der Waals surface area contributed by atoms with Gasteiger partial charge in [-0.1, -0.05) is 31.1 Å². The Morgan fingerprint density at radius 1 is 1.29 bits per heavy atom. The number of thioether (sulfide) groups is 1. The molecule has 0 aliphatic heterocycles. The highest BCUT2D eigenvalue weighted by Gasteiger charge is 2.38. The highest BCUT2D eigenvalue weighted by atomic mass is 32.2. The van der Waals surface area contributed by atoms with Crippen LogP contribution in [0.1, 0.15) is 56.3 Å². The van der Waals surface area contributed by atoms with Crippen molar-refractivity contribution in [2.75, 3.05) is 0 Å². The molecule has 1 heterocycles. The summed E-state index contributed by atoms with van der Waals surface area (Å²) in [4.78, 5) is 5.65. The van der Waals surface area contributed by atoms with Crippen LogP contribution in [-0.2, 0) is 11.3 Å². The van der Waals surface area contributed by atoms with Crippen molar-refractivity contribution in [1.29, 1.82) is 0 Å². The topological polar surface area (TPSA) is 64.9 Å². The molecule has 4 nitrogen and oxygen atoms in total. The van der Waals surface area contributed by atoms with Gasteiger partial charge in [-0.2, -0.15) is 4.98 Å². The van der Waals surface area contributed by atoms with Crippen LogP contribution in [0.4, 0.5) is 0 Å². The quantitative estimate of drug-likeness (QED) is 0.851. The van der Waals surface area contributed by atoms with Crippen molar-refractivity contribution in [3.63, 3.8) is 0 Å². The largest absolute Gasteiger partial charge is 0.338 e. The normalized spacial score (nSPS) is 17.0. The van der Waals surface area contributed by atoms with Crippen LogP contribution in [0.3, 0.4) is 0 Å². The lowest BCUT2D eigenvalue weighted by Crippen LogP contribution is -2.44.